The lowest BCUT2D eigenvalue weighted by Crippen LogP contribution is -2.24. The number of rotatable bonds is 12. The van der Waals surface area contributed by atoms with E-state index >= 15 is 0 Å². The van der Waals surface area contributed by atoms with Gasteiger partial charge in [0.05, 0.1) is 13.2 Å². The Morgan fingerprint density at radius 1 is 0.879 bits per heavy atom. The normalized spacial score (nSPS) is 10.3. The first kappa shape index (κ1) is 23.9. The van der Waals surface area contributed by atoms with E-state index < -0.39 is 0 Å². The number of hydrogen-bond acceptors (Lipinski definition) is 4. The summed E-state index contributed by atoms with van der Waals surface area (Å²) in [7, 11) is 0. The molecule has 6 nitrogen and oxygen atoms in total. The highest BCUT2D eigenvalue weighted by molar-refractivity contribution is 5.98. The van der Waals surface area contributed by atoms with Gasteiger partial charge in [-0.1, -0.05) is 49.4 Å². The molecule has 2 amide bonds. The molecule has 3 N–H and O–H groups in total. The average Bonchev–Trinajstić information content (AvgIpc) is 2.85. The topological polar surface area (TPSA) is 79.5 Å². The number of benzene rings is 3. The zero-order valence-corrected chi connectivity index (χ0v) is 19.0. The van der Waals surface area contributed by atoms with Crippen molar-refractivity contribution in [3.05, 3.63) is 90.0 Å². The van der Waals surface area contributed by atoms with Crippen molar-refractivity contribution in [3.63, 3.8) is 0 Å². The van der Waals surface area contributed by atoms with E-state index in [9.17, 15) is 9.59 Å². The molecule has 172 valence electrons. The summed E-state index contributed by atoms with van der Waals surface area (Å²) in [5.74, 6) is 0.418. The molecular weight excluding hydrogens is 414 g/mol. The highest BCUT2D eigenvalue weighted by Gasteiger charge is 2.08. The first-order valence-corrected chi connectivity index (χ1v) is 11.3. The van der Waals surface area contributed by atoms with Crippen LogP contribution in [0.25, 0.3) is 0 Å². The molecule has 0 saturated heterocycles. The van der Waals surface area contributed by atoms with Gasteiger partial charge < -0.3 is 20.7 Å². The summed E-state index contributed by atoms with van der Waals surface area (Å²) in [4.78, 5) is 24.5. The summed E-state index contributed by atoms with van der Waals surface area (Å²) in [6.45, 7) is 3.34. The Balaban J connectivity index is 1.43. The van der Waals surface area contributed by atoms with Crippen molar-refractivity contribution < 1.29 is 14.3 Å². The van der Waals surface area contributed by atoms with Crippen LogP contribution in [0, 0.1) is 0 Å². The maximum Gasteiger partial charge on any atom is 0.251 e. The van der Waals surface area contributed by atoms with Gasteiger partial charge in [-0.15, -0.1) is 0 Å². The number of nitrogens with one attached hydrogen (secondary N) is 3. The molecule has 33 heavy (non-hydrogen) atoms. The van der Waals surface area contributed by atoms with E-state index in [4.69, 9.17) is 4.74 Å². The van der Waals surface area contributed by atoms with Crippen LogP contribution in [-0.2, 0) is 11.2 Å². The van der Waals surface area contributed by atoms with Crippen LogP contribution in [0.4, 0.5) is 11.4 Å². The number of ether oxygens (including phenoxy) is 1. The minimum Gasteiger partial charge on any atom is -0.494 e. The molecule has 6 heteroatoms. The van der Waals surface area contributed by atoms with Crippen molar-refractivity contribution in [2.45, 2.75) is 26.2 Å². The molecule has 0 aromatic heterocycles. The molecule has 0 unspecified atom stereocenters. The van der Waals surface area contributed by atoms with Crippen molar-refractivity contribution in [1.29, 1.82) is 0 Å². The van der Waals surface area contributed by atoms with Crippen LogP contribution in [0.2, 0.25) is 0 Å². The number of carbonyl (C=O) groups is 2. The van der Waals surface area contributed by atoms with Gasteiger partial charge in [0, 0.05) is 29.5 Å². The zero-order chi connectivity index (χ0) is 23.3. The third-order valence-corrected chi connectivity index (χ3v) is 4.95. The summed E-state index contributed by atoms with van der Waals surface area (Å²) in [6, 6.07) is 24.8. The van der Waals surface area contributed by atoms with Gasteiger partial charge in [-0.25, -0.2) is 0 Å². The number of anilines is 2. The van der Waals surface area contributed by atoms with E-state index in [1.807, 2.05) is 49.4 Å². The summed E-state index contributed by atoms with van der Waals surface area (Å²) in [5, 5.41) is 8.77. The highest BCUT2D eigenvalue weighted by Crippen LogP contribution is 2.18. The summed E-state index contributed by atoms with van der Waals surface area (Å²) in [5.41, 5.74) is 3.21. The molecule has 0 aliphatic rings. The van der Waals surface area contributed by atoms with Gasteiger partial charge in [-0.05, 0) is 55.2 Å². The monoisotopic (exact) mass is 445 g/mol. The van der Waals surface area contributed by atoms with Crippen molar-refractivity contribution in [2.75, 3.05) is 30.3 Å². The van der Waals surface area contributed by atoms with Gasteiger partial charge in [-0.2, -0.15) is 0 Å². The van der Waals surface area contributed by atoms with E-state index in [1.54, 1.807) is 24.3 Å². The Bertz CT molecular complexity index is 1040. The molecule has 0 fully saturated rings. The van der Waals surface area contributed by atoms with E-state index in [1.165, 1.54) is 5.56 Å². The second kappa shape index (κ2) is 12.9. The largest absolute Gasteiger partial charge is 0.494 e. The van der Waals surface area contributed by atoms with Crippen LogP contribution in [0.5, 0.6) is 5.75 Å². The molecule has 0 bridgehead atoms. The van der Waals surface area contributed by atoms with Crippen molar-refractivity contribution in [3.8, 4) is 5.75 Å². The van der Waals surface area contributed by atoms with Crippen molar-refractivity contribution in [1.82, 2.24) is 5.32 Å². The number of aryl methyl sites for hydroxylation is 1. The van der Waals surface area contributed by atoms with E-state index in [-0.39, 0.29) is 18.4 Å². The molecule has 0 heterocycles. The average molecular weight is 446 g/mol. The standard InChI is InChI=1S/C27H31N3O3/c1-2-16-28-27(32)22-12-6-14-24(18-22)30-26(31)20-29-23-13-7-15-25(19-23)33-17-8-11-21-9-4-3-5-10-21/h3-7,9-10,12-15,18-19,29H,2,8,11,16-17,20H2,1H3,(H,28,32)(H,30,31). The van der Waals surface area contributed by atoms with Crippen LogP contribution in [0.1, 0.15) is 35.7 Å². The highest BCUT2D eigenvalue weighted by atomic mass is 16.5. The third kappa shape index (κ3) is 8.33. The summed E-state index contributed by atoms with van der Waals surface area (Å²) in [6.07, 6.45) is 2.77. The molecule has 3 rings (SSSR count). The van der Waals surface area contributed by atoms with Crippen molar-refractivity contribution >= 4 is 23.2 Å². The smallest absolute Gasteiger partial charge is 0.251 e. The Morgan fingerprint density at radius 3 is 2.48 bits per heavy atom. The van der Waals surface area contributed by atoms with Gasteiger partial charge in [0.2, 0.25) is 5.91 Å². The minimum absolute atomic E-state index is 0.101. The molecule has 0 atom stereocenters. The summed E-state index contributed by atoms with van der Waals surface area (Å²) < 4.78 is 5.86. The lowest BCUT2D eigenvalue weighted by atomic mass is 10.1. The van der Waals surface area contributed by atoms with Gasteiger partial charge in [-0.3, -0.25) is 9.59 Å². The van der Waals surface area contributed by atoms with Crippen LogP contribution >= 0.6 is 0 Å². The van der Waals surface area contributed by atoms with Crippen LogP contribution < -0.4 is 20.7 Å². The molecule has 0 radical (unpaired) electrons. The maximum absolute atomic E-state index is 12.4. The van der Waals surface area contributed by atoms with Crippen LogP contribution in [0.3, 0.4) is 0 Å². The Labute approximate surface area is 195 Å². The predicted molar refractivity (Wildman–Crippen MR) is 133 cm³/mol. The fourth-order valence-corrected chi connectivity index (χ4v) is 3.27. The fourth-order valence-electron chi connectivity index (χ4n) is 3.27. The lowest BCUT2D eigenvalue weighted by molar-refractivity contribution is -0.114. The Kier molecular flexibility index (Phi) is 9.33. The van der Waals surface area contributed by atoms with Gasteiger partial charge >= 0.3 is 0 Å². The molecule has 3 aromatic carbocycles. The fraction of sp³-hybridized carbons (Fsp3) is 0.259. The third-order valence-electron chi connectivity index (χ3n) is 4.95. The molecule has 0 spiro atoms. The van der Waals surface area contributed by atoms with Gasteiger partial charge in [0.25, 0.3) is 5.91 Å². The molecule has 0 saturated carbocycles. The van der Waals surface area contributed by atoms with Crippen molar-refractivity contribution in [2.24, 2.45) is 0 Å². The second-order valence-electron chi connectivity index (χ2n) is 7.70. The zero-order valence-electron chi connectivity index (χ0n) is 19.0. The Hall–Kier alpha value is -3.80. The first-order chi connectivity index (χ1) is 16.1. The SMILES string of the molecule is CCCNC(=O)c1cccc(NC(=O)CNc2cccc(OCCCc3ccccc3)c2)c1. The van der Waals surface area contributed by atoms with E-state index in [2.05, 4.69) is 28.1 Å². The van der Waals surface area contributed by atoms with Gasteiger partial charge in [0.1, 0.15) is 5.75 Å². The van der Waals surface area contributed by atoms with Crippen LogP contribution in [0.15, 0.2) is 78.9 Å². The molecular formula is C27H31N3O3. The first-order valence-electron chi connectivity index (χ1n) is 11.3. The molecule has 0 aliphatic carbocycles. The van der Waals surface area contributed by atoms with E-state index in [0.29, 0.717) is 24.4 Å². The molecule has 3 aromatic rings. The number of hydrogen-bond donors (Lipinski definition) is 3. The summed E-state index contributed by atoms with van der Waals surface area (Å²) >= 11 is 0. The van der Waals surface area contributed by atoms with Crippen LogP contribution in [-0.4, -0.2) is 31.5 Å². The number of amides is 2. The lowest BCUT2D eigenvalue weighted by Gasteiger charge is -2.11. The quantitative estimate of drug-likeness (QED) is 0.347. The van der Waals surface area contributed by atoms with Gasteiger partial charge in [0.15, 0.2) is 0 Å². The molecule has 0 aliphatic heterocycles. The second-order valence-corrected chi connectivity index (χ2v) is 7.70. The maximum atomic E-state index is 12.4. The van der Waals surface area contributed by atoms with E-state index in [0.717, 1.165) is 30.7 Å². The predicted octanol–water partition coefficient (Wildman–Crippen LogP) is 4.89. The Morgan fingerprint density at radius 2 is 1.67 bits per heavy atom. The minimum atomic E-state index is -0.199. The number of carbonyl (C=O) groups excluding carboxylic acids is 2.